The normalized spacial score (nSPS) is 15.7. The molecule has 4 heteroatoms. The molecule has 1 aromatic carbocycles. The molecular weight excluding hydrogens is 268 g/mol. The van der Waals surface area contributed by atoms with E-state index in [2.05, 4.69) is 16.8 Å². The van der Waals surface area contributed by atoms with Crippen molar-refractivity contribution in [3.8, 4) is 16.3 Å². The Morgan fingerprint density at radius 1 is 1.35 bits per heavy atom. The second-order valence-electron chi connectivity index (χ2n) is 5.24. The number of hydrogen-bond acceptors (Lipinski definition) is 4. The van der Waals surface area contributed by atoms with Crippen molar-refractivity contribution in [2.45, 2.75) is 38.3 Å². The number of methoxy groups -OCH3 is 1. The van der Waals surface area contributed by atoms with Crippen LogP contribution in [-0.2, 0) is 6.54 Å². The summed E-state index contributed by atoms with van der Waals surface area (Å²) in [6.45, 7) is 0.880. The Bertz CT molecular complexity index is 561. The predicted octanol–water partition coefficient (Wildman–Crippen LogP) is 3.85. The van der Waals surface area contributed by atoms with Crippen LogP contribution in [0.1, 0.15) is 31.4 Å². The third-order valence-electron chi connectivity index (χ3n) is 3.80. The van der Waals surface area contributed by atoms with E-state index in [1.54, 1.807) is 18.4 Å². The van der Waals surface area contributed by atoms with E-state index in [-0.39, 0.29) is 0 Å². The Morgan fingerprint density at radius 2 is 2.20 bits per heavy atom. The maximum atomic E-state index is 5.26. The number of nitrogens with zero attached hydrogens (tertiary/aromatic N) is 1. The lowest BCUT2D eigenvalue weighted by Gasteiger charge is -2.09. The number of nitrogens with one attached hydrogen (secondary N) is 1. The summed E-state index contributed by atoms with van der Waals surface area (Å²) < 4.78 is 5.26. The third kappa shape index (κ3) is 3.19. The number of ether oxygens (including phenoxy) is 1. The lowest BCUT2D eigenvalue weighted by atomic mass is 10.2. The number of rotatable bonds is 5. The molecule has 1 aliphatic rings. The number of thiazole rings is 1. The van der Waals surface area contributed by atoms with Gasteiger partial charge in [-0.05, 0) is 25.0 Å². The SMILES string of the molecule is COc1cccc(-c2nc(CNC3CCCC3)cs2)c1. The Kier molecular flexibility index (Phi) is 4.33. The van der Waals surface area contributed by atoms with Crippen LogP contribution in [0.15, 0.2) is 29.6 Å². The quantitative estimate of drug-likeness (QED) is 0.907. The fourth-order valence-corrected chi connectivity index (χ4v) is 3.47. The zero-order chi connectivity index (χ0) is 13.8. The van der Waals surface area contributed by atoms with Crippen LogP contribution in [0, 0.1) is 0 Å². The van der Waals surface area contributed by atoms with Gasteiger partial charge in [0.1, 0.15) is 10.8 Å². The van der Waals surface area contributed by atoms with Gasteiger partial charge in [-0.1, -0.05) is 25.0 Å². The van der Waals surface area contributed by atoms with Crippen LogP contribution in [-0.4, -0.2) is 18.1 Å². The van der Waals surface area contributed by atoms with E-state index < -0.39 is 0 Å². The van der Waals surface area contributed by atoms with Crippen molar-refractivity contribution in [1.29, 1.82) is 0 Å². The smallest absolute Gasteiger partial charge is 0.123 e. The number of benzene rings is 1. The lowest BCUT2D eigenvalue weighted by molar-refractivity contribution is 0.415. The molecule has 0 amide bonds. The van der Waals surface area contributed by atoms with Crippen LogP contribution in [0.2, 0.25) is 0 Å². The Labute approximate surface area is 124 Å². The van der Waals surface area contributed by atoms with Crippen molar-refractivity contribution in [3.05, 3.63) is 35.3 Å². The molecule has 0 radical (unpaired) electrons. The molecule has 0 spiro atoms. The minimum atomic E-state index is 0.692. The van der Waals surface area contributed by atoms with Gasteiger partial charge in [0.05, 0.1) is 12.8 Å². The molecule has 20 heavy (non-hydrogen) atoms. The first-order chi connectivity index (χ1) is 9.85. The summed E-state index contributed by atoms with van der Waals surface area (Å²) >= 11 is 1.70. The minimum absolute atomic E-state index is 0.692. The molecule has 1 aliphatic carbocycles. The second kappa shape index (κ2) is 6.37. The van der Waals surface area contributed by atoms with Crippen LogP contribution in [0.25, 0.3) is 10.6 Å². The van der Waals surface area contributed by atoms with Gasteiger partial charge in [0, 0.05) is 23.5 Å². The van der Waals surface area contributed by atoms with Gasteiger partial charge in [-0.2, -0.15) is 0 Å². The van der Waals surface area contributed by atoms with Gasteiger partial charge < -0.3 is 10.1 Å². The molecule has 1 saturated carbocycles. The molecular formula is C16H20N2OS. The molecule has 106 valence electrons. The molecule has 2 aromatic rings. The van der Waals surface area contributed by atoms with E-state index in [9.17, 15) is 0 Å². The van der Waals surface area contributed by atoms with E-state index in [0.29, 0.717) is 6.04 Å². The topological polar surface area (TPSA) is 34.1 Å². The number of hydrogen-bond donors (Lipinski definition) is 1. The Morgan fingerprint density at radius 3 is 3.00 bits per heavy atom. The van der Waals surface area contributed by atoms with E-state index in [0.717, 1.165) is 28.6 Å². The van der Waals surface area contributed by atoms with Crippen LogP contribution >= 0.6 is 11.3 Å². The number of aromatic nitrogens is 1. The average Bonchev–Trinajstić information content (AvgIpc) is 3.16. The van der Waals surface area contributed by atoms with Crippen molar-refractivity contribution in [3.63, 3.8) is 0 Å². The highest BCUT2D eigenvalue weighted by molar-refractivity contribution is 7.13. The van der Waals surface area contributed by atoms with Crippen molar-refractivity contribution >= 4 is 11.3 Å². The maximum Gasteiger partial charge on any atom is 0.123 e. The summed E-state index contributed by atoms with van der Waals surface area (Å²) in [6, 6.07) is 8.77. The molecule has 1 aromatic heterocycles. The summed E-state index contributed by atoms with van der Waals surface area (Å²) in [5.41, 5.74) is 2.26. The van der Waals surface area contributed by atoms with Gasteiger partial charge in [-0.15, -0.1) is 11.3 Å². The maximum absolute atomic E-state index is 5.26. The van der Waals surface area contributed by atoms with Gasteiger partial charge in [-0.3, -0.25) is 0 Å². The molecule has 1 heterocycles. The van der Waals surface area contributed by atoms with Crippen LogP contribution in [0.3, 0.4) is 0 Å². The van der Waals surface area contributed by atoms with E-state index in [1.165, 1.54) is 25.7 Å². The molecule has 3 rings (SSSR count). The highest BCUT2D eigenvalue weighted by Crippen LogP contribution is 2.27. The predicted molar refractivity (Wildman–Crippen MR) is 83.2 cm³/mol. The second-order valence-corrected chi connectivity index (χ2v) is 6.10. The van der Waals surface area contributed by atoms with E-state index >= 15 is 0 Å². The molecule has 0 saturated heterocycles. The first kappa shape index (κ1) is 13.6. The molecule has 0 unspecified atom stereocenters. The Balaban J connectivity index is 1.66. The van der Waals surface area contributed by atoms with Gasteiger partial charge in [-0.25, -0.2) is 4.98 Å². The highest BCUT2D eigenvalue weighted by Gasteiger charge is 2.14. The highest BCUT2D eigenvalue weighted by atomic mass is 32.1. The summed E-state index contributed by atoms with van der Waals surface area (Å²) in [4.78, 5) is 4.72. The van der Waals surface area contributed by atoms with Gasteiger partial charge in [0.25, 0.3) is 0 Å². The Hall–Kier alpha value is -1.39. The van der Waals surface area contributed by atoms with Crippen molar-refractivity contribution in [2.24, 2.45) is 0 Å². The van der Waals surface area contributed by atoms with Gasteiger partial charge in [0.15, 0.2) is 0 Å². The fraction of sp³-hybridized carbons (Fsp3) is 0.438. The summed E-state index contributed by atoms with van der Waals surface area (Å²) in [6.07, 6.45) is 5.35. The summed E-state index contributed by atoms with van der Waals surface area (Å²) in [5.74, 6) is 0.878. The average molecular weight is 288 g/mol. The first-order valence-electron chi connectivity index (χ1n) is 7.17. The largest absolute Gasteiger partial charge is 0.497 e. The summed E-state index contributed by atoms with van der Waals surface area (Å²) in [5, 5.41) is 6.82. The molecule has 0 bridgehead atoms. The van der Waals surface area contributed by atoms with Crippen LogP contribution in [0.4, 0.5) is 0 Å². The van der Waals surface area contributed by atoms with E-state index in [4.69, 9.17) is 9.72 Å². The van der Waals surface area contributed by atoms with Crippen LogP contribution in [0.5, 0.6) is 5.75 Å². The molecule has 1 N–H and O–H groups in total. The minimum Gasteiger partial charge on any atom is -0.497 e. The molecule has 0 aliphatic heterocycles. The molecule has 1 fully saturated rings. The molecule has 3 nitrogen and oxygen atoms in total. The standard InChI is InChI=1S/C16H20N2OS/c1-19-15-8-4-5-12(9-15)16-18-14(11-20-16)10-17-13-6-2-3-7-13/h4-5,8-9,11,13,17H,2-3,6-7,10H2,1H3. The summed E-state index contributed by atoms with van der Waals surface area (Å²) in [7, 11) is 1.69. The monoisotopic (exact) mass is 288 g/mol. The zero-order valence-electron chi connectivity index (χ0n) is 11.8. The third-order valence-corrected chi connectivity index (χ3v) is 4.74. The zero-order valence-corrected chi connectivity index (χ0v) is 12.6. The fourth-order valence-electron chi connectivity index (χ4n) is 2.66. The van der Waals surface area contributed by atoms with Crippen LogP contribution < -0.4 is 10.1 Å². The lowest BCUT2D eigenvalue weighted by Crippen LogP contribution is -2.25. The van der Waals surface area contributed by atoms with E-state index in [1.807, 2.05) is 18.2 Å². The first-order valence-corrected chi connectivity index (χ1v) is 8.05. The molecule has 0 atom stereocenters. The van der Waals surface area contributed by atoms with Gasteiger partial charge >= 0.3 is 0 Å². The van der Waals surface area contributed by atoms with Crippen molar-refractivity contribution in [1.82, 2.24) is 10.3 Å². The van der Waals surface area contributed by atoms with Crippen molar-refractivity contribution < 1.29 is 4.74 Å². The van der Waals surface area contributed by atoms with Gasteiger partial charge in [0.2, 0.25) is 0 Å². The van der Waals surface area contributed by atoms with Crippen molar-refractivity contribution in [2.75, 3.05) is 7.11 Å².